The van der Waals surface area contributed by atoms with E-state index >= 15 is 0 Å². The number of hydrogen-bond donors (Lipinski definition) is 2. The second kappa shape index (κ2) is 5.67. The van der Waals surface area contributed by atoms with Crippen LogP contribution in [0.1, 0.15) is 20.8 Å². The van der Waals surface area contributed by atoms with E-state index < -0.39 is 16.0 Å². The molecule has 2 rings (SSSR count). The fourth-order valence-corrected chi connectivity index (χ4v) is 4.48. The van der Waals surface area contributed by atoms with Crippen molar-refractivity contribution in [3.63, 3.8) is 0 Å². The number of aryl methyl sites for hydroxylation is 2. The van der Waals surface area contributed by atoms with Crippen LogP contribution in [0.3, 0.4) is 0 Å². The lowest BCUT2D eigenvalue weighted by Gasteiger charge is -2.13. The molecule has 0 radical (unpaired) electrons. The lowest BCUT2D eigenvalue weighted by atomic mass is 10.1. The summed E-state index contributed by atoms with van der Waals surface area (Å²) in [5, 5.41) is 10.7. The zero-order chi connectivity index (χ0) is 15.8. The SMILES string of the molecule is Cc1cc(Cl)cc(C)c1NS(=O)(=O)c1csc(C(=O)O)c1. The van der Waals surface area contributed by atoms with Crippen molar-refractivity contribution in [2.24, 2.45) is 0 Å². The monoisotopic (exact) mass is 345 g/mol. The molecule has 0 spiro atoms. The van der Waals surface area contributed by atoms with Crippen LogP contribution in [-0.2, 0) is 10.0 Å². The van der Waals surface area contributed by atoms with Crippen LogP contribution in [0.25, 0.3) is 0 Å². The molecule has 0 unspecified atom stereocenters. The van der Waals surface area contributed by atoms with E-state index in [1.165, 1.54) is 5.38 Å². The molecule has 1 aromatic heterocycles. The van der Waals surface area contributed by atoms with Crippen molar-refractivity contribution >= 4 is 44.6 Å². The summed E-state index contributed by atoms with van der Waals surface area (Å²) >= 11 is 6.77. The minimum atomic E-state index is -3.83. The highest BCUT2D eigenvalue weighted by atomic mass is 35.5. The van der Waals surface area contributed by atoms with Gasteiger partial charge >= 0.3 is 5.97 Å². The van der Waals surface area contributed by atoms with Gasteiger partial charge in [0.2, 0.25) is 0 Å². The van der Waals surface area contributed by atoms with E-state index in [1.807, 2.05) is 0 Å². The number of sulfonamides is 1. The van der Waals surface area contributed by atoms with Gasteiger partial charge < -0.3 is 5.11 Å². The normalized spacial score (nSPS) is 11.4. The number of halogens is 1. The van der Waals surface area contributed by atoms with Gasteiger partial charge in [0.15, 0.2) is 0 Å². The fourth-order valence-electron chi connectivity index (χ4n) is 1.84. The van der Waals surface area contributed by atoms with Crippen molar-refractivity contribution in [2.45, 2.75) is 18.7 Å². The minimum Gasteiger partial charge on any atom is -0.477 e. The Balaban J connectivity index is 2.40. The van der Waals surface area contributed by atoms with Crippen LogP contribution < -0.4 is 4.72 Å². The lowest BCUT2D eigenvalue weighted by molar-refractivity contribution is 0.0702. The number of nitrogens with one attached hydrogen (secondary N) is 1. The van der Waals surface area contributed by atoms with Crippen LogP contribution in [0, 0.1) is 13.8 Å². The second-order valence-corrected chi connectivity index (χ2v) is 7.50. The molecule has 2 N–H and O–H groups in total. The Morgan fingerprint density at radius 3 is 2.29 bits per heavy atom. The van der Waals surface area contributed by atoms with Gasteiger partial charge in [-0.15, -0.1) is 11.3 Å². The first-order valence-corrected chi connectivity index (χ1v) is 8.56. The molecule has 0 atom stereocenters. The predicted octanol–water partition coefficient (Wildman–Crippen LogP) is 3.52. The Kier molecular flexibility index (Phi) is 4.27. The standard InChI is InChI=1S/C13H12ClNO4S2/c1-7-3-9(14)4-8(2)12(7)15-21(18,19)10-5-11(13(16)17)20-6-10/h3-6,15H,1-2H3,(H,16,17). The molecular weight excluding hydrogens is 334 g/mol. The second-order valence-electron chi connectivity index (χ2n) is 4.47. The van der Waals surface area contributed by atoms with E-state index in [1.54, 1.807) is 26.0 Å². The van der Waals surface area contributed by atoms with Gasteiger partial charge in [0.25, 0.3) is 10.0 Å². The Hall–Kier alpha value is -1.57. The summed E-state index contributed by atoms with van der Waals surface area (Å²) in [6, 6.07) is 4.45. The van der Waals surface area contributed by atoms with Crippen molar-refractivity contribution in [3.8, 4) is 0 Å². The summed E-state index contributed by atoms with van der Waals surface area (Å²) in [6.07, 6.45) is 0. The van der Waals surface area contributed by atoms with E-state index in [0.29, 0.717) is 21.8 Å². The molecule has 0 aliphatic carbocycles. The highest BCUT2D eigenvalue weighted by Gasteiger charge is 2.20. The van der Waals surface area contributed by atoms with Crippen molar-refractivity contribution < 1.29 is 18.3 Å². The molecule has 1 aromatic carbocycles. The largest absolute Gasteiger partial charge is 0.477 e. The summed E-state index contributed by atoms with van der Waals surface area (Å²) in [5.41, 5.74) is 1.83. The third-order valence-electron chi connectivity index (χ3n) is 2.83. The first-order valence-electron chi connectivity index (χ1n) is 5.82. The fraction of sp³-hybridized carbons (Fsp3) is 0.154. The van der Waals surface area contributed by atoms with Crippen LogP contribution in [0.4, 0.5) is 5.69 Å². The molecule has 21 heavy (non-hydrogen) atoms. The van der Waals surface area contributed by atoms with Crippen LogP contribution in [0.5, 0.6) is 0 Å². The van der Waals surface area contributed by atoms with E-state index in [2.05, 4.69) is 4.72 Å². The van der Waals surface area contributed by atoms with E-state index in [9.17, 15) is 13.2 Å². The number of hydrogen-bond acceptors (Lipinski definition) is 4. The maximum atomic E-state index is 12.3. The van der Waals surface area contributed by atoms with Crippen LogP contribution in [0.15, 0.2) is 28.5 Å². The molecule has 8 heteroatoms. The number of carboxylic acid groups (broad SMARTS) is 1. The minimum absolute atomic E-state index is 0.0278. The zero-order valence-corrected chi connectivity index (χ0v) is 13.6. The molecular formula is C13H12ClNO4S2. The lowest BCUT2D eigenvalue weighted by Crippen LogP contribution is -2.14. The van der Waals surface area contributed by atoms with Gasteiger partial charge in [0.1, 0.15) is 4.88 Å². The Morgan fingerprint density at radius 1 is 1.24 bits per heavy atom. The summed E-state index contributed by atoms with van der Waals surface area (Å²) in [7, 11) is -3.83. The van der Waals surface area contributed by atoms with Crippen LogP contribution in [0.2, 0.25) is 5.02 Å². The maximum Gasteiger partial charge on any atom is 0.345 e. The van der Waals surface area contributed by atoms with Gasteiger partial charge in [0, 0.05) is 10.4 Å². The molecule has 2 aromatic rings. The van der Waals surface area contributed by atoms with E-state index in [0.717, 1.165) is 17.4 Å². The quantitative estimate of drug-likeness (QED) is 0.888. The van der Waals surface area contributed by atoms with Gasteiger partial charge in [-0.2, -0.15) is 0 Å². The molecule has 5 nitrogen and oxygen atoms in total. The summed E-state index contributed by atoms with van der Waals surface area (Å²) in [5.74, 6) is -1.15. The number of thiophene rings is 1. The predicted molar refractivity (Wildman–Crippen MR) is 83.0 cm³/mol. The van der Waals surface area contributed by atoms with E-state index in [-0.39, 0.29) is 9.77 Å². The zero-order valence-electron chi connectivity index (χ0n) is 11.2. The molecule has 0 fully saturated rings. The van der Waals surface area contributed by atoms with E-state index in [4.69, 9.17) is 16.7 Å². The van der Waals surface area contributed by atoms with Gasteiger partial charge in [-0.1, -0.05) is 11.6 Å². The van der Waals surface area contributed by atoms with Crippen LogP contribution >= 0.6 is 22.9 Å². The highest BCUT2D eigenvalue weighted by Crippen LogP contribution is 2.28. The number of anilines is 1. The molecule has 0 amide bonds. The van der Waals surface area contributed by atoms with Crippen molar-refractivity contribution in [3.05, 3.63) is 44.6 Å². The third-order valence-corrected chi connectivity index (χ3v) is 5.45. The van der Waals surface area contributed by atoms with Crippen molar-refractivity contribution in [1.82, 2.24) is 0 Å². The van der Waals surface area contributed by atoms with Crippen molar-refractivity contribution in [2.75, 3.05) is 4.72 Å². The molecule has 0 aliphatic rings. The van der Waals surface area contributed by atoms with Gasteiger partial charge in [0.05, 0.1) is 10.6 Å². The molecule has 1 heterocycles. The molecule has 112 valence electrons. The topological polar surface area (TPSA) is 83.5 Å². The third kappa shape index (κ3) is 3.37. The van der Waals surface area contributed by atoms with Crippen LogP contribution in [-0.4, -0.2) is 19.5 Å². The molecule has 0 bridgehead atoms. The number of rotatable bonds is 4. The van der Waals surface area contributed by atoms with Gasteiger partial charge in [-0.25, -0.2) is 13.2 Å². The Bertz CT molecular complexity index is 788. The number of carbonyl (C=O) groups is 1. The molecule has 0 saturated heterocycles. The van der Waals surface area contributed by atoms with Gasteiger partial charge in [-0.05, 0) is 43.2 Å². The summed E-state index contributed by atoms with van der Waals surface area (Å²) < 4.78 is 27.1. The smallest absolute Gasteiger partial charge is 0.345 e. The Morgan fingerprint density at radius 2 is 1.81 bits per heavy atom. The van der Waals surface area contributed by atoms with Crippen molar-refractivity contribution in [1.29, 1.82) is 0 Å². The average molecular weight is 346 g/mol. The Labute approximate surface area is 131 Å². The summed E-state index contributed by atoms with van der Waals surface area (Å²) in [4.78, 5) is 10.7. The average Bonchev–Trinajstić information content (AvgIpc) is 2.84. The highest BCUT2D eigenvalue weighted by molar-refractivity contribution is 7.92. The molecule has 0 saturated carbocycles. The maximum absolute atomic E-state index is 12.3. The number of benzene rings is 1. The number of carboxylic acids is 1. The summed E-state index contributed by atoms with van der Waals surface area (Å²) in [6.45, 7) is 3.49. The number of aromatic carboxylic acids is 1. The first kappa shape index (κ1) is 15.8. The molecule has 0 aliphatic heterocycles. The first-order chi connectivity index (χ1) is 9.70. The van der Waals surface area contributed by atoms with Gasteiger partial charge in [-0.3, -0.25) is 4.72 Å².